The number of hydrogen-bond donors (Lipinski definition) is 1. The number of allylic oxidation sites excluding steroid dienone is 2. The first-order valence-electron chi connectivity index (χ1n) is 11.4. The minimum Gasteiger partial charge on any atom is -0.490 e. The zero-order valence-electron chi connectivity index (χ0n) is 19.4. The topological polar surface area (TPSA) is 71.1 Å². The number of rotatable bonds is 5. The molecule has 9 heteroatoms. The molecule has 2 aromatic rings. The number of nitrogens with one attached hydrogen (secondary N) is 1. The number of halogens is 2. The number of hydrogen-bond acceptors (Lipinski definition) is 5. The van der Waals surface area contributed by atoms with Gasteiger partial charge in [0.15, 0.2) is 18.2 Å². The molecule has 2 aromatic carbocycles. The summed E-state index contributed by atoms with van der Waals surface area (Å²) < 4.78 is 39.9. The summed E-state index contributed by atoms with van der Waals surface area (Å²) in [5.41, 5.74) is 1.86. The number of carbonyl (C=O) groups excluding carboxylic acids is 2. The van der Waals surface area contributed by atoms with E-state index >= 15 is 0 Å². The average Bonchev–Trinajstić information content (AvgIpc) is 2.80. The van der Waals surface area contributed by atoms with Gasteiger partial charge in [0.25, 0.3) is 11.8 Å². The highest BCUT2D eigenvalue weighted by atomic mass is 19.1. The van der Waals surface area contributed by atoms with Gasteiger partial charge < -0.3 is 24.6 Å². The summed E-state index contributed by atoms with van der Waals surface area (Å²) in [6.07, 6.45) is 5.98. The van der Waals surface area contributed by atoms with Crippen LogP contribution in [0.2, 0.25) is 0 Å². The van der Waals surface area contributed by atoms with Crippen molar-refractivity contribution >= 4 is 23.1 Å². The Kier molecular flexibility index (Phi) is 5.92. The molecule has 3 aliphatic heterocycles. The SMILES string of the molecule is CC1C=C(c2ccc(OCC3CN(C(=O)c4cc5c(cc4F)OCC(=O)N5)C3)c(F)c2)C=CN1C. The number of anilines is 1. The van der Waals surface area contributed by atoms with E-state index in [1.165, 1.54) is 17.0 Å². The third-order valence-electron chi connectivity index (χ3n) is 6.47. The van der Waals surface area contributed by atoms with E-state index < -0.39 is 17.5 Å². The Bertz CT molecular complexity index is 1250. The molecule has 1 fully saturated rings. The van der Waals surface area contributed by atoms with Crippen molar-refractivity contribution in [1.29, 1.82) is 0 Å². The lowest BCUT2D eigenvalue weighted by molar-refractivity contribution is -0.118. The summed E-state index contributed by atoms with van der Waals surface area (Å²) in [6.45, 7) is 2.84. The highest BCUT2D eigenvalue weighted by molar-refractivity contribution is 6.00. The number of benzene rings is 2. The molecule has 1 N–H and O–H groups in total. The van der Waals surface area contributed by atoms with E-state index in [1.807, 2.05) is 25.4 Å². The Morgan fingerprint density at radius 3 is 2.74 bits per heavy atom. The summed E-state index contributed by atoms with van der Waals surface area (Å²) in [5.74, 6) is -1.66. The first kappa shape index (κ1) is 22.9. The van der Waals surface area contributed by atoms with Gasteiger partial charge in [-0.05, 0) is 48.5 Å². The van der Waals surface area contributed by atoms with E-state index in [1.54, 1.807) is 6.07 Å². The van der Waals surface area contributed by atoms with Crippen LogP contribution < -0.4 is 14.8 Å². The third-order valence-corrected chi connectivity index (χ3v) is 6.47. The molecule has 1 atom stereocenters. The van der Waals surface area contributed by atoms with E-state index in [0.717, 1.165) is 17.2 Å². The van der Waals surface area contributed by atoms with Crippen molar-refractivity contribution < 1.29 is 27.8 Å². The van der Waals surface area contributed by atoms with Crippen molar-refractivity contribution in [1.82, 2.24) is 9.80 Å². The molecule has 1 unspecified atom stereocenters. The standard InChI is InChI=1S/C26H25F2N3O4/c1-15-7-18(5-6-30(15)2)17-3-4-23(21(28)8-17)34-13-16-11-31(12-16)26(33)19-9-22-24(10-20(19)27)35-14-25(32)29-22/h3-10,15-16H,11-14H2,1-2H3,(H,29,32). The molecule has 0 spiro atoms. The molecule has 5 rings (SSSR count). The van der Waals surface area contributed by atoms with Crippen LogP contribution in [0.1, 0.15) is 22.8 Å². The van der Waals surface area contributed by atoms with Gasteiger partial charge in [-0.3, -0.25) is 9.59 Å². The van der Waals surface area contributed by atoms with Crippen LogP contribution in [0.5, 0.6) is 11.5 Å². The van der Waals surface area contributed by atoms with Crippen LogP contribution in [0.3, 0.4) is 0 Å². The van der Waals surface area contributed by atoms with Gasteiger partial charge in [0, 0.05) is 38.2 Å². The van der Waals surface area contributed by atoms with Crippen LogP contribution in [0.15, 0.2) is 48.7 Å². The maximum atomic E-state index is 14.7. The van der Waals surface area contributed by atoms with Gasteiger partial charge in [-0.15, -0.1) is 0 Å². The predicted octanol–water partition coefficient (Wildman–Crippen LogP) is 3.68. The van der Waals surface area contributed by atoms with Gasteiger partial charge in [-0.1, -0.05) is 12.1 Å². The van der Waals surface area contributed by atoms with Gasteiger partial charge >= 0.3 is 0 Å². The Hall–Kier alpha value is -3.88. The van der Waals surface area contributed by atoms with Crippen LogP contribution in [-0.4, -0.2) is 61.0 Å². The van der Waals surface area contributed by atoms with E-state index in [0.29, 0.717) is 13.1 Å². The van der Waals surface area contributed by atoms with Crippen LogP contribution in [0.4, 0.5) is 14.5 Å². The Labute approximate surface area is 201 Å². The lowest BCUT2D eigenvalue weighted by Crippen LogP contribution is -2.52. The number of carbonyl (C=O) groups is 2. The van der Waals surface area contributed by atoms with E-state index in [9.17, 15) is 18.4 Å². The van der Waals surface area contributed by atoms with Gasteiger partial charge in [0.2, 0.25) is 0 Å². The number of likely N-dealkylation sites (tertiary alicyclic amines) is 1. The smallest absolute Gasteiger partial charge is 0.262 e. The van der Waals surface area contributed by atoms with Crippen LogP contribution >= 0.6 is 0 Å². The zero-order chi connectivity index (χ0) is 24.7. The monoisotopic (exact) mass is 481 g/mol. The van der Waals surface area contributed by atoms with Gasteiger partial charge in [-0.2, -0.15) is 0 Å². The molecule has 3 aliphatic rings. The van der Waals surface area contributed by atoms with Gasteiger partial charge in [0.05, 0.1) is 17.9 Å². The van der Waals surface area contributed by atoms with Gasteiger partial charge in [0.1, 0.15) is 11.6 Å². The number of nitrogens with zero attached hydrogens (tertiary/aromatic N) is 2. The van der Waals surface area contributed by atoms with Crippen LogP contribution in [0.25, 0.3) is 5.57 Å². The summed E-state index contributed by atoms with van der Waals surface area (Å²) >= 11 is 0. The number of likely N-dealkylation sites (N-methyl/N-ethyl adjacent to an activating group) is 1. The fraction of sp³-hybridized carbons (Fsp3) is 0.308. The summed E-state index contributed by atoms with van der Waals surface area (Å²) in [4.78, 5) is 27.8. The maximum absolute atomic E-state index is 14.7. The second kappa shape index (κ2) is 9.05. The van der Waals surface area contributed by atoms with Gasteiger partial charge in [-0.25, -0.2) is 8.78 Å². The Morgan fingerprint density at radius 1 is 1.20 bits per heavy atom. The molecule has 2 amide bonds. The van der Waals surface area contributed by atoms with E-state index in [2.05, 4.69) is 23.2 Å². The van der Waals surface area contributed by atoms with Crippen molar-refractivity contribution in [2.24, 2.45) is 5.92 Å². The molecule has 1 saturated heterocycles. The van der Waals surface area contributed by atoms with Crippen molar-refractivity contribution in [2.75, 3.05) is 38.7 Å². The second-order valence-corrected chi connectivity index (χ2v) is 9.04. The normalized spacial score (nSPS) is 19.4. The molecular formula is C26H25F2N3O4. The van der Waals surface area contributed by atoms with Crippen molar-refractivity contribution in [3.8, 4) is 11.5 Å². The molecule has 35 heavy (non-hydrogen) atoms. The predicted molar refractivity (Wildman–Crippen MR) is 126 cm³/mol. The minimum absolute atomic E-state index is 0.00197. The number of amides is 2. The molecule has 0 bridgehead atoms. The highest BCUT2D eigenvalue weighted by Crippen LogP contribution is 2.32. The lowest BCUT2D eigenvalue weighted by Gasteiger charge is -2.39. The maximum Gasteiger partial charge on any atom is 0.262 e. The number of ether oxygens (including phenoxy) is 2. The third kappa shape index (κ3) is 4.58. The highest BCUT2D eigenvalue weighted by Gasteiger charge is 2.34. The van der Waals surface area contributed by atoms with E-state index in [4.69, 9.17) is 9.47 Å². The molecule has 0 aromatic heterocycles. The van der Waals surface area contributed by atoms with Crippen molar-refractivity contribution in [3.05, 3.63) is 71.4 Å². The molecule has 3 heterocycles. The first-order valence-corrected chi connectivity index (χ1v) is 11.4. The zero-order valence-corrected chi connectivity index (χ0v) is 19.4. The van der Waals surface area contributed by atoms with Crippen molar-refractivity contribution in [2.45, 2.75) is 13.0 Å². The quantitative estimate of drug-likeness (QED) is 0.706. The fourth-order valence-corrected chi connectivity index (χ4v) is 4.24. The second-order valence-electron chi connectivity index (χ2n) is 9.04. The van der Waals surface area contributed by atoms with Crippen LogP contribution in [-0.2, 0) is 4.79 Å². The summed E-state index contributed by atoms with van der Waals surface area (Å²) in [7, 11) is 1.98. The van der Waals surface area contributed by atoms with Crippen LogP contribution in [0, 0.1) is 17.6 Å². The molecule has 0 aliphatic carbocycles. The molecule has 182 valence electrons. The minimum atomic E-state index is -0.712. The average molecular weight is 481 g/mol. The van der Waals surface area contributed by atoms with E-state index in [-0.39, 0.29) is 53.8 Å². The first-order chi connectivity index (χ1) is 16.8. The molecule has 7 nitrogen and oxygen atoms in total. The molecule has 0 radical (unpaired) electrons. The Balaban J connectivity index is 1.16. The lowest BCUT2D eigenvalue weighted by atomic mass is 9.99. The summed E-state index contributed by atoms with van der Waals surface area (Å²) in [5, 5.41) is 2.57. The molecular weight excluding hydrogens is 456 g/mol. The fourth-order valence-electron chi connectivity index (χ4n) is 4.24. The molecule has 0 saturated carbocycles. The number of fused-ring (bicyclic) bond motifs is 1. The Morgan fingerprint density at radius 2 is 2.00 bits per heavy atom. The summed E-state index contributed by atoms with van der Waals surface area (Å²) in [6, 6.07) is 7.52. The largest absolute Gasteiger partial charge is 0.490 e. The van der Waals surface area contributed by atoms with Crippen molar-refractivity contribution in [3.63, 3.8) is 0 Å².